The predicted molar refractivity (Wildman–Crippen MR) is 84.9 cm³/mol. The van der Waals surface area contributed by atoms with Gasteiger partial charge in [0.15, 0.2) is 0 Å². The van der Waals surface area contributed by atoms with E-state index in [-0.39, 0.29) is 10.6 Å². The summed E-state index contributed by atoms with van der Waals surface area (Å²) in [7, 11) is 0. The van der Waals surface area contributed by atoms with Crippen LogP contribution in [-0.2, 0) is 0 Å². The summed E-state index contributed by atoms with van der Waals surface area (Å²) in [5, 5.41) is 13.6. The number of rotatable bonds is 3. The van der Waals surface area contributed by atoms with Gasteiger partial charge in [-0.3, -0.25) is 14.9 Å². The van der Waals surface area contributed by atoms with Gasteiger partial charge < -0.3 is 5.32 Å². The Kier molecular flexibility index (Phi) is 4.59. The van der Waals surface area contributed by atoms with Crippen LogP contribution in [0.5, 0.6) is 0 Å². The van der Waals surface area contributed by atoms with Crippen LogP contribution in [0, 0.1) is 17.0 Å². The molecule has 0 saturated heterocycles. The molecule has 1 N–H and O–H groups in total. The molecule has 5 nitrogen and oxygen atoms in total. The van der Waals surface area contributed by atoms with Crippen molar-refractivity contribution in [2.45, 2.75) is 6.92 Å². The number of nitro benzene ring substituents is 1. The average Bonchev–Trinajstić information content (AvgIpc) is 2.43. The molecule has 0 saturated carbocycles. The fourth-order valence-corrected chi connectivity index (χ4v) is 2.42. The number of halogens is 2. The average molecular weight is 370 g/mol. The van der Waals surface area contributed by atoms with Gasteiger partial charge in [-0.1, -0.05) is 29.8 Å². The third-order valence-electron chi connectivity index (χ3n) is 2.85. The molecule has 0 aliphatic carbocycles. The van der Waals surface area contributed by atoms with Crippen LogP contribution in [0.15, 0.2) is 40.9 Å². The molecule has 0 spiro atoms. The van der Waals surface area contributed by atoms with Crippen molar-refractivity contribution < 1.29 is 9.72 Å². The van der Waals surface area contributed by atoms with Gasteiger partial charge in [0.2, 0.25) is 0 Å². The highest BCUT2D eigenvalue weighted by Crippen LogP contribution is 2.30. The number of aryl methyl sites for hydroxylation is 1. The van der Waals surface area contributed by atoms with Gasteiger partial charge >= 0.3 is 5.69 Å². The maximum absolute atomic E-state index is 12.3. The van der Waals surface area contributed by atoms with E-state index in [0.717, 1.165) is 10.0 Å². The van der Waals surface area contributed by atoms with Crippen molar-refractivity contribution in [2.24, 2.45) is 0 Å². The first-order valence-electron chi connectivity index (χ1n) is 5.91. The van der Waals surface area contributed by atoms with Crippen LogP contribution in [0.1, 0.15) is 15.9 Å². The summed E-state index contributed by atoms with van der Waals surface area (Å²) in [5.41, 5.74) is 0.990. The van der Waals surface area contributed by atoms with Gasteiger partial charge in [0.1, 0.15) is 10.6 Å². The van der Waals surface area contributed by atoms with E-state index >= 15 is 0 Å². The SMILES string of the molecule is Cc1cccc(NC(=O)c2cccc(Cl)c2[N+](=O)[O-])c1Br. The molecule has 7 heteroatoms. The second kappa shape index (κ2) is 6.24. The third-order valence-corrected chi connectivity index (χ3v) is 4.21. The number of nitro groups is 1. The van der Waals surface area contributed by atoms with E-state index in [4.69, 9.17) is 11.6 Å². The number of carbonyl (C=O) groups is 1. The van der Waals surface area contributed by atoms with Gasteiger partial charge in [-0.15, -0.1) is 0 Å². The molecule has 2 rings (SSSR count). The third kappa shape index (κ3) is 3.22. The molecular formula is C14H10BrClN2O3. The van der Waals surface area contributed by atoms with E-state index in [9.17, 15) is 14.9 Å². The normalized spacial score (nSPS) is 10.2. The van der Waals surface area contributed by atoms with E-state index in [1.807, 2.05) is 13.0 Å². The molecule has 0 aliphatic rings. The number of nitrogens with one attached hydrogen (secondary N) is 1. The molecule has 21 heavy (non-hydrogen) atoms. The first-order chi connectivity index (χ1) is 9.91. The highest BCUT2D eigenvalue weighted by Gasteiger charge is 2.24. The monoisotopic (exact) mass is 368 g/mol. The number of benzene rings is 2. The summed E-state index contributed by atoms with van der Waals surface area (Å²) in [6, 6.07) is 9.59. The van der Waals surface area contributed by atoms with E-state index in [0.29, 0.717) is 5.69 Å². The summed E-state index contributed by atoms with van der Waals surface area (Å²) in [6.45, 7) is 1.88. The maximum Gasteiger partial charge on any atom is 0.300 e. The highest BCUT2D eigenvalue weighted by molar-refractivity contribution is 9.10. The number of carbonyl (C=O) groups excluding carboxylic acids is 1. The van der Waals surface area contributed by atoms with Crippen molar-refractivity contribution in [3.05, 3.63) is 67.1 Å². The van der Waals surface area contributed by atoms with Crippen LogP contribution in [0.25, 0.3) is 0 Å². The maximum atomic E-state index is 12.3. The highest BCUT2D eigenvalue weighted by atomic mass is 79.9. The van der Waals surface area contributed by atoms with Gasteiger partial charge in [-0.25, -0.2) is 0 Å². The molecule has 0 radical (unpaired) electrons. The van der Waals surface area contributed by atoms with Gasteiger partial charge in [0.05, 0.1) is 10.6 Å². The molecule has 1 amide bonds. The molecule has 0 heterocycles. The number of para-hydroxylation sites is 1. The Hall–Kier alpha value is -1.92. The lowest BCUT2D eigenvalue weighted by Gasteiger charge is -2.09. The molecule has 0 fully saturated rings. The summed E-state index contributed by atoms with van der Waals surface area (Å²) in [4.78, 5) is 22.6. The van der Waals surface area contributed by atoms with Crippen molar-refractivity contribution in [2.75, 3.05) is 5.32 Å². The van der Waals surface area contributed by atoms with E-state index in [1.165, 1.54) is 18.2 Å². The van der Waals surface area contributed by atoms with Crippen LogP contribution >= 0.6 is 27.5 Å². The Morgan fingerprint density at radius 1 is 1.29 bits per heavy atom. The Balaban J connectivity index is 2.40. The van der Waals surface area contributed by atoms with Crippen LogP contribution < -0.4 is 5.32 Å². The number of amides is 1. The quantitative estimate of drug-likeness (QED) is 0.636. The lowest BCUT2D eigenvalue weighted by Crippen LogP contribution is -2.14. The molecule has 0 bridgehead atoms. The van der Waals surface area contributed by atoms with Crippen molar-refractivity contribution in [1.29, 1.82) is 0 Å². The molecule has 0 aromatic heterocycles. The minimum absolute atomic E-state index is 0.0732. The Labute approximate surface area is 134 Å². The Morgan fingerprint density at radius 3 is 2.62 bits per heavy atom. The Morgan fingerprint density at radius 2 is 1.95 bits per heavy atom. The van der Waals surface area contributed by atoms with Crippen molar-refractivity contribution in [3.63, 3.8) is 0 Å². The summed E-state index contributed by atoms with van der Waals surface area (Å²) in [5.74, 6) is -0.587. The first-order valence-corrected chi connectivity index (χ1v) is 7.08. The zero-order valence-electron chi connectivity index (χ0n) is 10.9. The molecule has 2 aromatic rings. The number of nitrogens with zero attached hydrogens (tertiary/aromatic N) is 1. The largest absolute Gasteiger partial charge is 0.321 e. The fourth-order valence-electron chi connectivity index (χ4n) is 1.82. The van der Waals surface area contributed by atoms with Gasteiger partial charge in [0, 0.05) is 4.47 Å². The number of anilines is 1. The molecule has 2 aromatic carbocycles. The predicted octanol–water partition coefficient (Wildman–Crippen LogP) is 4.57. The van der Waals surface area contributed by atoms with E-state index < -0.39 is 16.5 Å². The van der Waals surface area contributed by atoms with Crippen LogP contribution in [0.3, 0.4) is 0 Å². The number of hydrogen-bond donors (Lipinski definition) is 1. The van der Waals surface area contributed by atoms with E-state index in [2.05, 4.69) is 21.2 Å². The van der Waals surface area contributed by atoms with Gasteiger partial charge in [-0.05, 0) is 46.6 Å². The van der Waals surface area contributed by atoms with Crippen molar-refractivity contribution in [3.8, 4) is 0 Å². The topological polar surface area (TPSA) is 72.2 Å². The molecule has 108 valence electrons. The summed E-state index contributed by atoms with van der Waals surface area (Å²) >= 11 is 9.17. The summed E-state index contributed by atoms with van der Waals surface area (Å²) in [6.07, 6.45) is 0. The zero-order chi connectivity index (χ0) is 15.6. The van der Waals surface area contributed by atoms with Gasteiger partial charge in [-0.2, -0.15) is 0 Å². The molecule has 0 atom stereocenters. The fraction of sp³-hybridized carbons (Fsp3) is 0.0714. The lowest BCUT2D eigenvalue weighted by molar-refractivity contribution is -0.385. The number of hydrogen-bond acceptors (Lipinski definition) is 3. The zero-order valence-corrected chi connectivity index (χ0v) is 13.2. The van der Waals surface area contributed by atoms with Crippen LogP contribution in [0.4, 0.5) is 11.4 Å². The van der Waals surface area contributed by atoms with Crippen LogP contribution in [-0.4, -0.2) is 10.8 Å². The summed E-state index contributed by atoms with van der Waals surface area (Å²) < 4.78 is 0.725. The first kappa shape index (κ1) is 15.5. The standard InChI is InChI=1S/C14H10BrClN2O3/c1-8-4-2-7-11(12(8)15)17-14(19)9-5-3-6-10(16)13(9)18(20)21/h2-7H,1H3,(H,17,19). The smallest absolute Gasteiger partial charge is 0.300 e. The molecule has 0 aliphatic heterocycles. The van der Waals surface area contributed by atoms with E-state index in [1.54, 1.807) is 12.1 Å². The van der Waals surface area contributed by atoms with Crippen LogP contribution in [0.2, 0.25) is 5.02 Å². The van der Waals surface area contributed by atoms with Gasteiger partial charge in [0.25, 0.3) is 5.91 Å². The second-order valence-corrected chi connectivity index (χ2v) is 5.48. The molecule has 0 unspecified atom stereocenters. The van der Waals surface area contributed by atoms with Crippen molar-refractivity contribution >= 4 is 44.8 Å². The minimum Gasteiger partial charge on any atom is -0.321 e. The lowest BCUT2D eigenvalue weighted by atomic mass is 10.1. The molecular weight excluding hydrogens is 360 g/mol. The van der Waals surface area contributed by atoms with Crippen molar-refractivity contribution in [1.82, 2.24) is 0 Å². The Bertz CT molecular complexity index is 734. The minimum atomic E-state index is -0.664. The second-order valence-electron chi connectivity index (χ2n) is 4.28.